The summed E-state index contributed by atoms with van der Waals surface area (Å²) in [7, 11) is 0. The van der Waals surface area contributed by atoms with Crippen molar-refractivity contribution in [2.24, 2.45) is 0 Å². The molecule has 0 atom stereocenters. The van der Waals surface area contributed by atoms with Crippen LogP contribution in [0.5, 0.6) is 0 Å². The van der Waals surface area contributed by atoms with Gasteiger partial charge in [0.2, 0.25) is 0 Å². The second-order valence-corrected chi connectivity index (χ2v) is 5.58. The van der Waals surface area contributed by atoms with E-state index >= 15 is 0 Å². The molecule has 1 N–H and O–H groups in total. The Morgan fingerprint density at radius 2 is 1.83 bits per heavy atom. The lowest BCUT2D eigenvalue weighted by atomic mass is 9.97. The smallest absolute Gasteiger partial charge is 0.292 e. The van der Waals surface area contributed by atoms with Gasteiger partial charge in [0.15, 0.2) is 0 Å². The lowest BCUT2D eigenvalue weighted by molar-refractivity contribution is -0.385. The number of nitrogens with zero attached hydrogens (tertiary/aromatic N) is 3. The van der Waals surface area contributed by atoms with E-state index in [1.54, 1.807) is 18.2 Å². The van der Waals surface area contributed by atoms with Crippen molar-refractivity contribution in [3.05, 3.63) is 73.3 Å². The van der Waals surface area contributed by atoms with Gasteiger partial charge < -0.3 is 10.0 Å². The molecule has 24 heavy (non-hydrogen) atoms. The average Bonchev–Trinajstić information content (AvgIpc) is 2.59. The average molecular weight is 329 g/mol. The van der Waals surface area contributed by atoms with Crippen molar-refractivity contribution in [3.8, 4) is 0 Å². The number of nitro benzene ring substituents is 2. The maximum Gasteiger partial charge on any atom is 0.292 e. The van der Waals surface area contributed by atoms with E-state index in [1.807, 2.05) is 4.90 Å². The summed E-state index contributed by atoms with van der Waals surface area (Å²) in [6.45, 7) is 0.585. The summed E-state index contributed by atoms with van der Waals surface area (Å²) < 4.78 is 0. The number of hydrogen-bond donors (Lipinski definition) is 1. The van der Waals surface area contributed by atoms with Gasteiger partial charge in [-0.05, 0) is 29.7 Å². The van der Waals surface area contributed by atoms with Gasteiger partial charge in [0.25, 0.3) is 11.4 Å². The van der Waals surface area contributed by atoms with Crippen LogP contribution in [0.4, 0.5) is 17.1 Å². The third kappa shape index (κ3) is 2.79. The van der Waals surface area contributed by atoms with Gasteiger partial charge in [0.1, 0.15) is 5.69 Å². The zero-order valence-electron chi connectivity index (χ0n) is 12.7. The molecule has 0 saturated carbocycles. The molecule has 0 spiro atoms. The number of aliphatic hydroxyl groups is 1. The van der Waals surface area contributed by atoms with Gasteiger partial charge in [0.05, 0.1) is 16.5 Å². The molecule has 0 aromatic heterocycles. The summed E-state index contributed by atoms with van der Waals surface area (Å²) in [5, 5.41) is 31.7. The van der Waals surface area contributed by atoms with Gasteiger partial charge in [-0.1, -0.05) is 12.1 Å². The predicted molar refractivity (Wildman–Crippen MR) is 86.9 cm³/mol. The van der Waals surface area contributed by atoms with Crippen molar-refractivity contribution in [3.63, 3.8) is 0 Å². The van der Waals surface area contributed by atoms with E-state index in [4.69, 9.17) is 0 Å². The monoisotopic (exact) mass is 329 g/mol. The number of hydrogen-bond acceptors (Lipinski definition) is 6. The second-order valence-electron chi connectivity index (χ2n) is 5.58. The van der Waals surface area contributed by atoms with Gasteiger partial charge in [-0.15, -0.1) is 0 Å². The zero-order chi connectivity index (χ0) is 17.3. The number of anilines is 1. The molecule has 2 aromatic rings. The largest absolute Gasteiger partial charge is 0.392 e. The normalized spacial score (nSPS) is 13.5. The molecule has 2 aromatic carbocycles. The number of benzene rings is 2. The van der Waals surface area contributed by atoms with E-state index in [0.717, 1.165) is 5.56 Å². The second kappa shape index (κ2) is 6.25. The standard InChI is InChI=1S/C16H15N3O5/c20-10-11-4-5-15(19(23)24)16(8-11)17-7-6-13-12(9-17)2-1-3-14(13)18(21)22/h1-5,8,20H,6-7,9-10H2. The van der Waals surface area contributed by atoms with Crippen molar-refractivity contribution in [1.82, 2.24) is 0 Å². The first-order valence-electron chi connectivity index (χ1n) is 7.39. The van der Waals surface area contributed by atoms with Gasteiger partial charge in [-0.3, -0.25) is 20.2 Å². The van der Waals surface area contributed by atoms with E-state index in [9.17, 15) is 25.3 Å². The highest BCUT2D eigenvalue weighted by molar-refractivity contribution is 5.66. The van der Waals surface area contributed by atoms with Crippen LogP contribution in [-0.4, -0.2) is 21.5 Å². The van der Waals surface area contributed by atoms with Gasteiger partial charge in [0, 0.05) is 30.8 Å². The molecular formula is C16H15N3O5. The summed E-state index contributed by atoms with van der Waals surface area (Å²) in [6.07, 6.45) is 0.437. The molecule has 8 heteroatoms. The van der Waals surface area contributed by atoms with Gasteiger partial charge in [-0.25, -0.2) is 0 Å². The Morgan fingerprint density at radius 1 is 1.08 bits per heavy atom. The molecule has 0 bridgehead atoms. The Hall–Kier alpha value is -3.00. The molecule has 1 aliphatic rings. The van der Waals surface area contributed by atoms with Crippen LogP contribution < -0.4 is 4.90 Å². The lowest BCUT2D eigenvalue weighted by Gasteiger charge is -2.30. The highest BCUT2D eigenvalue weighted by Crippen LogP contribution is 2.35. The van der Waals surface area contributed by atoms with Crippen LogP contribution in [0.3, 0.4) is 0 Å². The van der Waals surface area contributed by atoms with Gasteiger partial charge in [-0.2, -0.15) is 0 Å². The molecule has 0 radical (unpaired) electrons. The van der Waals surface area contributed by atoms with Crippen molar-refractivity contribution >= 4 is 17.1 Å². The Labute approximate surface area is 137 Å². The molecular weight excluding hydrogens is 314 g/mol. The van der Waals surface area contributed by atoms with Crippen LogP contribution in [0.25, 0.3) is 0 Å². The van der Waals surface area contributed by atoms with Crippen molar-refractivity contribution in [2.45, 2.75) is 19.6 Å². The molecule has 0 aliphatic carbocycles. The number of fused-ring (bicyclic) bond motifs is 1. The number of rotatable bonds is 4. The van der Waals surface area contributed by atoms with Crippen LogP contribution >= 0.6 is 0 Å². The summed E-state index contributed by atoms with van der Waals surface area (Å²) in [5.74, 6) is 0. The van der Waals surface area contributed by atoms with E-state index in [-0.39, 0.29) is 18.0 Å². The van der Waals surface area contributed by atoms with Crippen molar-refractivity contribution in [1.29, 1.82) is 0 Å². The Balaban J connectivity index is 2.00. The fraction of sp³-hybridized carbons (Fsp3) is 0.250. The van der Waals surface area contributed by atoms with E-state index in [2.05, 4.69) is 0 Å². The fourth-order valence-electron chi connectivity index (χ4n) is 3.04. The van der Waals surface area contributed by atoms with Crippen LogP contribution in [-0.2, 0) is 19.6 Å². The lowest BCUT2D eigenvalue weighted by Crippen LogP contribution is -2.31. The van der Waals surface area contributed by atoms with Crippen LogP contribution in [0, 0.1) is 20.2 Å². The van der Waals surface area contributed by atoms with Crippen molar-refractivity contribution in [2.75, 3.05) is 11.4 Å². The molecule has 3 rings (SSSR count). The minimum atomic E-state index is -0.459. The summed E-state index contributed by atoms with van der Waals surface area (Å²) >= 11 is 0. The SMILES string of the molecule is O=[N+]([O-])c1ccc(CO)cc1N1CCc2c(cccc2[N+](=O)[O-])C1. The highest BCUT2D eigenvalue weighted by atomic mass is 16.6. The summed E-state index contributed by atoms with van der Waals surface area (Å²) in [4.78, 5) is 23.4. The van der Waals surface area contributed by atoms with Gasteiger partial charge >= 0.3 is 0 Å². The minimum Gasteiger partial charge on any atom is -0.392 e. The minimum absolute atomic E-state index is 0.0407. The van der Waals surface area contributed by atoms with Crippen LogP contribution in [0.1, 0.15) is 16.7 Å². The van der Waals surface area contributed by atoms with E-state index in [1.165, 1.54) is 18.2 Å². The third-order valence-corrected chi connectivity index (χ3v) is 4.20. The molecule has 0 amide bonds. The Kier molecular flexibility index (Phi) is 4.13. The first-order valence-corrected chi connectivity index (χ1v) is 7.39. The predicted octanol–water partition coefficient (Wildman–Crippen LogP) is 2.56. The molecule has 0 unspecified atom stereocenters. The molecule has 0 fully saturated rings. The number of aliphatic hydroxyl groups excluding tert-OH is 1. The van der Waals surface area contributed by atoms with Crippen LogP contribution in [0.2, 0.25) is 0 Å². The van der Waals surface area contributed by atoms with Crippen molar-refractivity contribution < 1.29 is 15.0 Å². The molecule has 8 nitrogen and oxygen atoms in total. The highest BCUT2D eigenvalue weighted by Gasteiger charge is 2.27. The fourth-order valence-corrected chi connectivity index (χ4v) is 3.04. The maximum atomic E-state index is 11.3. The number of nitro groups is 2. The van der Waals surface area contributed by atoms with Crippen LogP contribution in [0.15, 0.2) is 36.4 Å². The van der Waals surface area contributed by atoms with E-state index in [0.29, 0.717) is 36.3 Å². The molecule has 124 valence electrons. The maximum absolute atomic E-state index is 11.3. The summed E-state index contributed by atoms with van der Waals surface area (Å²) in [5.41, 5.74) is 2.52. The molecule has 1 heterocycles. The first-order chi connectivity index (χ1) is 11.5. The third-order valence-electron chi connectivity index (χ3n) is 4.20. The quantitative estimate of drug-likeness (QED) is 0.682. The first kappa shape index (κ1) is 15.9. The molecule has 0 saturated heterocycles. The molecule has 1 aliphatic heterocycles. The summed E-state index contributed by atoms with van der Waals surface area (Å²) in [6, 6.07) is 9.40. The Morgan fingerprint density at radius 3 is 2.50 bits per heavy atom. The zero-order valence-corrected chi connectivity index (χ0v) is 12.7. The Bertz CT molecular complexity index is 821. The topological polar surface area (TPSA) is 110 Å². The van der Waals surface area contributed by atoms with E-state index < -0.39 is 9.85 Å².